The maximum Gasteiger partial charge on any atom is 0.184 e. The van der Waals surface area contributed by atoms with Crippen LogP contribution in [0.4, 0.5) is 0 Å². The van der Waals surface area contributed by atoms with Gasteiger partial charge in [-0.05, 0) is 31.9 Å². The molecule has 0 amide bonds. The molecule has 0 radical (unpaired) electrons. The lowest BCUT2D eigenvalue weighted by atomic mass is 10.1. The molecular weight excluding hydrogens is 396 g/mol. The third kappa shape index (κ3) is 22.4. The monoisotopic (exact) mass is 436 g/mol. The summed E-state index contributed by atoms with van der Waals surface area (Å²) in [6.45, 7) is 9.76. The molecule has 9 nitrogen and oxygen atoms in total. The SMILES string of the molecule is C.C1CCOC1.C=CC=C.CC=O.CO.OCC1OC(O)C(O)C1O.c1ccoc1. The number of ether oxygens (including phenoxy) is 2. The molecule has 0 spiro atoms. The summed E-state index contributed by atoms with van der Waals surface area (Å²) in [5.41, 5.74) is 0. The summed E-state index contributed by atoms with van der Waals surface area (Å²) in [5.74, 6) is 0. The number of aliphatic hydroxyl groups excluding tert-OH is 5. The first-order valence-electron chi connectivity index (χ1n) is 8.93. The van der Waals surface area contributed by atoms with Crippen LogP contribution in [0.25, 0.3) is 0 Å². The fraction of sp³-hybridized carbons (Fsp3) is 0.571. The van der Waals surface area contributed by atoms with Gasteiger partial charge in [-0.15, -0.1) is 0 Å². The molecule has 0 saturated carbocycles. The third-order valence-corrected chi connectivity index (χ3v) is 2.94. The van der Waals surface area contributed by atoms with E-state index in [-0.39, 0.29) is 7.43 Å². The van der Waals surface area contributed by atoms with Gasteiger partial charge in [0.25, 0.3) is 0 Å². The highest BCUT2D eigenvalue weighted by Crippen LogP contribution is 2.18. The molecule has 1 aromatic heterocycles. The van der Waals surface area contributed by atoms with Gasteiger partial charge in [0, 0.05) is 20.3 Å². The molecule has 5 N–H and O–H groups in total. The lowest BCUT2D eigenvalue weighted by molar-refractivity contribution is -0.132. The highest BCUT2D eigenvalue weighted by molar-refractivity contribution is 5.44. The number of carbonyl (C=O) groups is 1. The van der Waals surface area contributed by atoms with Crippen LogP contribution in [-0.4, -0.2) is 83.4 Å². The summed E-state index contributed by atoms with van der Waals surface area (Å²) in [4.78, 5) is 8.81. The topological polar surface area (TPSA) is 150 Å². The summed E-state index contributed by atoms with van der Waals surface area (Å²) in [6, 6.07) is 3.67. The van der Waals surface area contributed by atoms with E-state index in [2.05, 4.69) is 22.3 Å². The normalized spacial score (nSPS) is 22.6. The summed E-state index contributed by atoms with van der Waals surface area (Å²) in [6.07, 6.45) is 5.08. The molecule has 0 bridgehead atoms. The maximum absolute atomic E-state index is 8.93. The second kappa shape index (κ2) is 29.4. The van der Waals surface area contributed by atoms with Crippen molar-refractivity contribution in [3.8, 4) is 0 Å². The van der Waals surface area contributed by atoms with Gasteiger partial charge >= 0.3 is 0 Å². The lowest BCUT2D eigenvalue weighted by Gasteiger charge is -2.09. The number of aliphatic hydroxyl groups is 5. The summed E-state index contributed by atoms with van der Waals surface area (Å²) < 4.78 is 14.1. The lowest BCUT2D eigenvalue weighted by Crippen LogP contribution is -2.33. The predicted octanol–water partition coefficient (Wildman–Crippen LogP) is 1.30. The molecular formula is C21H40O9. The highest BCUT2D eigenvalue weighted by Gasteiger charge is 2.41. The molecule has 1 aromatic rings. The van der Waals surface area contributed by atoms with E-state index in [1.54, 1.807) is 24.7 Å². The molecule has 4 unspecified atom stereocenters. The van der Waals surface area contributed by atoms with Crippen LogP contribution in [0.1, 0.15) is 27.2 Å². The Bertz CT molecular complexity index is 403. The van der Waals surface area contributed by atoms with E-state index in [0.29, 0.717) is 0 Å². The van der Waals surface area contributed by atoms with Crippen LogP contribution >= 0.6 is 0 Å². The fourth-order valence-electron chi connectivity index (χ4n) is 1.62. The van der Waals surface area contributed by atoms with Gasteiger partial charge in [0.15, 0.2) is 6.29 Å². The number of carbonyl (C=O) groups excluding carboxylic acids is 1. The maximum atomic E-state index is 8.93. The zero-order valence-corrected chi connectivity index (χ0v) is 17.2. The Morgan fingerprint density at radius 3 is 1.57 bits per heavy atom. The molecule has 4 atom stereocenters. The average Bonchev–Trinajstić information content (AvgIpc) is 3.54. The average molecular weight is 437 g/mol. The Kier molecular flexibility index (Phi) is 34.8. The summed E-state index contributed by atoms with van der Waals surface area (Å²) in [7, 11) is 1.00. The van der Waals surface area contributed by atoms with Crippen LogP contribution in [0.2, 0.25) is 0 Å². The molecule has 2 aliphatic rings. The Labute approximate surface area is 179 Å². The van der Waals surface area contributed by atoms with Crippen molar-refractivity contribution in [1.82, 2.24) is 0 Å². The van der Waals surface area contributed by atoms with Gasteiger partial charge in [-0.3, -0.25) is 0 Å². The van der Waals surface area contributed by atoms with E-state index in [4.69, 9.17) is 35.1 Å². The van der Waals surface area contributed by atoms with Gasteiger partial charge < -0.3 is 44.2 Å². The molecule has 30 heavy (non-hydrogen) atoms. The minimum Gasteiger partial charge on any atom is -0.473 e. The molecule has 2 aliphatic heterocycles. The smallest absolute Gasteiger partial charge is 0.184 e. The minimum absolute atomic E-state index is 0. The molecule has 2 fully saturated rings. The van der Waals surface area contributed by atoms with Gasteiger partial charge in [0.05, 0.1) is 19.1 Å². The number of allylic oxidation sites excluding steroid dienone is 2. The van der Waals surface area contributed by atoms with E-state index >= 15 is 0 Å². The summed E-state index contributed by atoms with van der Waals surface area (Å²) >= 11 is 0. The molecule has 0 aromatic carbocycles. The number of hydrogen-bond acceptors (Lipinski definition) is 9. The van der Waals surface area contributed by atoms with Crippen molar-refractivity contribution < 1.29 is 44.2 Å². The number of hydrogen-bond donors (Lipinski definition) is 5. The minimum atomic E-state index is -1.38. The Balaban J connectivity index is -0.000000146. The summed E-state index contributed by atoms with van der Waals surface area (Å²) in [5, 5.41) is 42.0. The first kappa shape index (κ1) is 35.6. The quantitative estimate of drug-likeness (QED) is 0.341. The van der Waals surface area contributed by atoms with Crippen molar-refractivity contribution >= 4 is 6.29 Å². The molecule has 178 valence electrons. The number of furan rings is 1. The molecule has 0 aliphatic carbocycles. The van der Waals surface area contributed by atoms with E-state index in [0.717, 1.165) is 26.6 Å². The van der Waals surface area contributed by atoms with Crippen LogP contribution in [0.5, 0.6) is 0 Å². The second-order valence-electron chi connectivity index (χ2n) is 5.05. The van der Waals surface area contributed by atoms with Crippen molar-refractivity contribution in [3.63, 3.8) is 0 Å². The first-order chi connectivity index (χ1) is 14.0. The van der Waals surface area contributed by atoms with Gasteiger partial charge in [0.1, 0.15) is 24.6 Å². The first-order valence-corrected chi connectivity index (χ1v) is 8.93. The zero-order valence-electron chi connectivity index (χ0n) is 17.2. The van der Waals surface area contributed by atoms with E-state index in [9.17, 15) is 0 Å². The van der Waals surface area contributed by atoms with E-state index < -0.39 is 31.2 Å². The van der Waals surface area contributed by atoms with Crippen molar-refractivity contribution in [3.05, 3.63) is 50.0 Å². The van der Waals surface area contributed by atoms with Crippen LogP contribution < -0.4 is 0 Å². The predicted molar refractivity (Wildman–Crippen MR) is 116 cm³/mol. The Hall–Kier alpha value is -1.85. The van der Waals surface area contributed by atoms with Crippen molar-refractivity contribution in [2.45, 2.75) is 51.8 Å². The third-order valence-electron chi connectivity index (χ3n) is 2.94. The zero-order chi connectivity index (χ0) is 22.9. The second-order valence-corrected chi connectivity index (χ2v) is 5.05. The van der Waals surface area contributed by atoms with E-state index in [1.807, 2.05) is 12.1 Å². The van der Waals surface area contributed by atoms with Crippen LogP contribution in [-0.2, 0) is 14.3 Å². The van der Waals surface area contributed by atoms with Crippen LogP contribution in [0, 0.1) is 0 Å². The van der Waals surface area contributed by atoms with Crippen LogP contribution in [0.3, 0.4) is 0 Å². The molecule has 3 heterocycles. The van der Waals surface area contributed by atoms with Gasteiger partial charge in [-0.25, -0.2) is 0 Å². The molecule has 9 heteroatoms. The Morgan fingerprint density at radius 1 is 1.00 bits per heavy atom. The van der Waals surface area contributed by atoms with Crippen molar-refractivity contribution in [1.29, 1.82) is 0 Å². The van der Waals surface area contributed by atoms with Crippen molar-refractivity contribution in [2.75, 3.05) is 26.9 Å². The standard InChI is InChI=1S/C5H10O5.C4H8O.C4H4O.C4H6.C2H4O.CH4O.CH4/c6-1-2-3(7)4(8)5(9)10-2;2*1-2-4-5-3-1;1-3-4-2;1-2-3;1-2;/h2-9H,1H2;1-4H2;1-4H;3-4H,1-2H2;2H,1H3;2H,1H3;1H4. The van der Waals surface area contributed by atoms with Crippen molar-refractivity contribution in [2.24, 2.45) is 0 Å². The molecule has 2 saturated heterocycles. The highest BCUT2D eigenvalue weighted by atomic mass is 16.6. The largest absolute Gasteiger partial charge is 0.473 e. The van der Waals surface area contributed by atoms with Crippen LogP contribution in [0.15, 0.2) is 54.4 Å². The number of aldehydes is 1. The number of rotatable bonds is 2. The van der Waals surface area contributed by atoms with Gasteiger partial charge in [-0.2, -0.15) is 0 Å². The Morgan fingerprint density at radius 2 is 1.43 bits per heavy atom. The van der Waals surface area contributed by atoms with Gasteiger partial charge in [-0.1, -0.05) is 32.7 Å². The van der Waals surface area contributed by atoms with Gasteiger partial charge in [0.2, 0.25) is 0 Å². The fourth-order valence-corrected chi connectivity index (χ4v) is 1.62. The molecule has 3 rings (SSSR count). The van der Waals surface area contributed by atoms with E-state index in [1.165, 1.54) is 19.8 Å².